The molecular weight excluding hydrogens is 520 g/mol. The molecule has 0 saturated carbocycles. The Morgan fingerprint density at radius 2 is 1.81 bits per heavy atom. The van der Waals surface area contributed by atoms with Crippen LogP contribution < -0.4 is 14.5 Å². The molecule has 8 rings (SSSR count). The number of ether oxygens (including phenoxy) is 1. The molecule has 0 radical (unpaired) electrons. The number of para-hydroxylation sites is 3. The minimum Gasteiger partial charge on any atom is -0.457 e. The molecule has 3 aliphatic carbocycles. The summed E-state index contributed by atoms with van der Waals surface area (Å²) in [6.07, 6.45) is 15.0. The van der Waals surface area contributed by atoms with Crippen LogP contribution in [-0.4, -0.2) is 12.1 Å². The molecule has 2 aromatic carbocycles. The van der Waals surface area contributed by atoms with E-state index in [1.165, 1.54) is 44.0 Å². The topological polar surface area (TPSA) is 15.7 Å². The van der Waals surface area contributed by atoms with E-state index in [2.05, 4.69) is 125 Å². The summed E-state index contributed by atoms with van der Waals surface area (Å²) in [5, 5.41) is 0. The van der Waals surface area contributed by atoms with E-state index in [1.807, 2.05) is 0 Å². The highest BCUT2D eigenvalue weighted by Gasteiger charge is 2.53. The Bertz CT molecular complexity index is 1540. The van der Waals surface area contributed by atoms with Crippen LogP contribution >= 0.6 is 15.9 Å². The van der Waals surface area contributed by atoms with Crippen LogP contribution in [0.15, 0.2) is 123 Å². The lowest BCUT2D eigenvalue weighted by Gasteiger charge is -2.54. The van der Waals surface area contributed by atoms with Gasteiger partial charge < -0.3 is 14.5 Å². The van der Waals surface area contributed by atoms with Gasteiger partial charge in [0.05, 0.1) is 23.5 Å². The maximum atomic E-state index is 6.54. The van der Waals surface area contributed by atoms with E-state index in [4.69, 9.17) is 4.74 Å². The minimum absolute atomic E-state index is 0.0707. The van der Waals surface area contributed by atoms with Crippen molar-refractivity contribution >= 4 is 27.3 Å². The van der Waals surface area contributed by atoms with Crippen LogP contribution in [0.5, 0.6) is 5.75 Å². The molecule has 2 aromatic rings. The standard InChI is InChI=1S/C33H29BrN2O/c1-33(2)24-11-8-14-31-32(24)36(27-12-6-7-13-30(27)37-31)29-18-23-22-17-20(34)15-16-26(22)35(28(23)19-25(29)33)21-9-4-3-5-10-21/h3-7,9-13,15-17,19,22,26,29H,8,14,18H2,1-2H3. The Labute approximate surface area is 226 Å². The highest BCUT2D eigenvalue weighted by atomic mass is 79.9. The number of nitrogens with zero attached hydrogens (tertiary/aromatic N) is 2. The van der Waals surface area contributed by atoms with Gasteiger partial charge in [-0.25, -0.2) is 0 Å². The first-order chi connectivity index (χ1) is 18.0. The number of anilines is 2. The van der Waals surface area contributed by atoms with Crippen LogP contribution in [-0.2, 0) is 0 Å². The summed E-state index contributed by atoms with van der Waals surface area (Å²) in [5.74, 6) is 2.48. The predicted octanol–water partition coefficient (Wildman–Crippen LogP) is 8.16. The molecule has 4 heteroatoms. The first-order valence-electron chi connectivity index (χ1n) is 13.4. The lowest BCUT2D eigenvalue weighted by molar-refractivity contribution is 0.349. The zero-order valence-corrected chi connectivity index (χ0v) is 22.7. The van der Waals surface area contributed by atoms with Crippen LogP contribution in [0, 0.1) is 11.3 Å². The minimum atomic E-state index is -0.0707. The summed E-state index contributed by atoms with van der Waals surface area (Å²) in [6.45, 7) is 4.84. The zero-order valence-electron chi connectivity index (χ0n) is 21.1. The van der Waals surface area contributed by atoms with E-state index in [1.54, 1.807) is 0 Å². The molecule has 0 amide bonds. The van der Waals surface area contributed by atoms with Crippen LogP contribution in [0.1, 0.15) is 33.1 Å². The number of piperidine rings is 1. The number of rotatable bonds is 1. The highest BCUT2D eigenvalue weighted by molar-refractivity contribution is 9.11. The number of hydrogen-bond acceptors (Lipinski definition) is 3. The molecule has 3 unspecified atom stereocenters. The normalized spacial score (nSPS) is 28.3. The smallest absolute Gasteiger partial charge is 0.150 e. The third-order valence-corrected chi connectivity index (χ3v) is 9.62. The second-order valence-corrected chi connectivity index (χ2v) is 12.3. The van der Waals surface area contributed by atoms with Crippen LogP contribution in [0.25, 0.3) is 0 Å². The quantitative estimate of drug-likeness (QED) is 0.357. The molecule has 0 N–H and O–H groups in total. The number of allylic oxidation sites excluding steroid dienone is 6. The average Bonchev–Trinajstić information content (AvgIpc) is 3.23. The van der Waals surface area contributed by atoms with Gasteiger partial charge in [-0.1, -0.05) is 84.4 Å². The molecule has 1 saturated heterocycles. The Kier molecular flexibility index (Phi) is 4.50. The number of benzene rings is 2. The maximum absolute atomic E-state index is 6.54. The highest BCUT2D eigenvalue weighted by Crippen LogP contribution is 2.59. The summed E-state index contributed by atoms with van der Waals surface area (Å²) in [7, 11) is 0. The van der Waals surface area contributed by atoms with Crippen LogP contribution in [0.2, 0.25) is 0 Å². The van der Waals surface area contributed by atoms with Gasteiger partial charge in [-0.15, -0.1) is 0 Å². The monoisotopic (exact) mass is 548 g/mol. The Balaban J connectivity index is 1.35. The average molecular weight is 550 g/mol. The first-order valence-corrected chi connectivity index (χ1v) is 14.2. The maximum Gasteiger partial charge on any atom is 0.150 e. The predicted molar refractivity (Wildman–Crippen MR) is 154 cm³/mol. The third-order valence-electron chi connectivity index (χ3n) is 9.09. The van der Waals surface area contributed by atoms with E-state index in [9.17, 15) is 0 Å². The first kappa shape index (κ1) is 21.8. The van der Waals surface area contributed by atoms with Gasteiger partial charge in [0.1, 0.15) is 5.76 Å². The fraction of sp³-hybridized carbons (Fsp3) is 0.273. The largest absolute Gasteiger partial charge is 0.457 e. The Morgan fingerprint density at radius 1 is 1.00 bits per heavy atom. The number of fused-ring (bicyclic) bond motifs is 6. The van der Waals surface area contributed by atoms with Gasteiger partial charge in [0.25, 0.3) is 0 Å². The molecule has 37 heavy (non-hydrogen) atoms. The van der Waals surface area contributed by atoms with Crippen LogP contribution in [0.3, 0.4) is 0 Å². The van der Waals surface area contributed by atoms with Crippen molar-refractivity contribution in [1.29, 1.82) is 0 Å². The fourth-order valence-electron chi connectivity index (χ4n) is 7.47. The van der Waals surface area contributed by atoms with Gasteiger partial charge in [0.15, 0.2) is 5.75 Å². The number of hydrogen-bond donors (Lipinski definition) is 0. The van der Waals surface area contributed by atoms with Gasteiger partial charge in [-0.05, 0) is 59.9 Å². The molecule has 184 valence electrons. The second kappa shape index (κ2) is 7.64. The molecule has 0 spiro atoms. The molecule has 1 fully saturated rings. The van der Waals surface area contributed by atoms with Crippen molar-refractivity contribution in [2.45, 2.75) is 45.2 Å². The van der Waals surface area contributed by atoms with Crippen molar-refractivity contribution in [3.05, 3.63) is 123 Å². The van der Waals surface area contributed by atoms with Crippen molar-refractivity contribution in [1.82, 2.24) is 0 Å². The van der Waals surface area contributed by atoms with Crippen molar-refractivity contribution in [3.63, 3.8) is 0 Å². The van der Waals surface area contributed by atoms with Gasteiger partial charge in [-0.3, -0.25) is 0 Å². The van der Waals surface area contributed by atoms with E-state index in [0.717, 1.165) is 30.8 Å². The summed E-state index contributed by atoms with van der Waals surface area (Å²) in [6, 6.07) is 20.1. The summed E-state index contributed by atoms with van der Waals surface area (Å²) in [4.78, 5) is 5.20. The van der Waals surface area contributed by atoms with Crippen molar-refractivity contribution in [3.8, 4) is 5.75 Å². The molecule has 0 bridgehead atoms. The van der Waals surface area contributed by atoms with E-state index < -0.39 is 0 Å². The van der Waals surface area contributed by atoms with Gasteiger partial charge >= 0.3 is 0 Å². The van der Waals surface area contributed by atoms with Gasteiger partial charge in [0.2, 0.25) is 0 Å². The van der Waals surface area contributed by atoms with Crippen molar-refractivity contribution < 1.29 is 4.74 Å². The SMILES string of the molecule is CC1(C)C2=CCCC3=C2N(c2ccccc2O3)C2CC3=C(C=C21)N(c1ccccc1)C1C=CC(Br)=CC31. The molecule has 0 aromatic heterocycles. The summed E-state index contributed by atoms with van der Waals surface area (Å²) in [5.41, 5.74) is 9.54. The second-order valence-electron chi connectivity index (χ2n) is 11.4. The summed E-state index contributed by atoms with van der Waals surface area (Å²) < 4.78 is 7.71. The zero-order chi connectivity index (χ0) is 24.9. The van der Waals surface area contributed by atoms with E-state index in [-0.39, 0.29) is 11.5 Å². The third kappa shape index (κ3) is 2.94. The van der Waals surface area contributed by atoms with Crippen LogP contribution in [0.4, 0.5) is 11.4 Å². The number of halogens is 1. The molecule has 3 aliphatic heterocycles. The summed E-state index contributed by atoms with van der Waals surface area (Å²) >= 11 is 3.79. The lowest BCUT2D eigenvalue weighted by Crippen LogP contribution is -2.51. The molecule has 3 heterocycles. The van der Waals surface area contributed by atoms with Crippen molar-refractivity contribution in [2.24, 2.45) is 11.3 Å². The lowest BCUT2D eigenvalue weighted by atomic mass is 9.64. The molecule has 3 nitrogen and oxygen atoms in total. The van der Waals surface area contributed by atoms with Crippen molar-refractivity contribution in [2.75, 3.05) is 9.80 Å². The fourth-order valence-corrected chi connectivity index (χ4v) is 7.91. The van der Waals surface area contributed by atoms with E-state index in [0.29, 0.717) is 12.0 Å². The van der Waals surface area contributed by atoms with Gasteiger partial charge in [-0.2, -0.15) is 0 Å². The Hall–Kier alpha value is -3.24. The molecular formula is C33H29BrN2O. The molecule has 3 atom stereocenters. The van der Waals surface area contributed by atoms with Gasteiger partial charge in [0, 0.05) is 33.6 Å². The Morgan fingerprint density at radius 3 is 2.68 bits per heavy atom. The van der Waals surface area contributed by atoms with E-state index >= 15 is 0 Å². The molecule has 6 aliphatic rings.